The minimum atomic E-state index is -0.903. The Balaban J connectivity index is 1.72. The van der Waals surface area contributed by atoms with Crippen molar-refractivity contribution < 1.29 is 19.5 Å². The summed E-state index contributed by atoms with van der Waals surface area (Å²) >= 11 is 1.15. The van der Waals surface area contributed by atoms with Crippen molar-refractivity contribution in [2.24, 2.45) is 5.92 Å². The Morgan fingerprint density at radius 1 is 1.22 bits per heavy atom. The number of nitrogens with zero attached hydrogens (tertiary/aromatic N) is 3. The van der Waals surface area contributed by atoms with Gasteiger partial charge in [0.15, 0.2) is 11.4 Å². The van der Waals surface area contributed by atoms with Gasteiger partial charge >= 0.3 is 12.1 Å². The van der Waals surface area contributed by atoms with E-state index in [0.29, 0.717) is 41.9 Å². The van der Waals surface area contributed by atoms with Crippen LogP contribution in [0.15, 0.2) is 6.20 Å². The quantitative estimate of drug-likeness (QED) is 0.761. The number of aromatic nitrogens is 1. The van der Waals surface area contributed by atoms with Gasteiger partial charge in [0.2, 0.25) is 0 Å². The highest BCUT2D eigenvalue weighted by Crippen LogP contribution is 2.31. The highest BCUT2D eigenvalue weighted by Gasteiger charge is 2.35. The number of hydrogen-bond donors (Lipinski definition) is 2. The van der Waals surface area contributed by atoms with Crippen LogP contribution in [0.5, 0.6) is 0 Å². The molecule has 1 saturated carbocycles. The van der Waals surface area contributed by atoms with E-state index in [0.717, 1.165) is 43.3 Å². The number of rotatable bonds is 4. The number of thiazole rings is 1. The van der Waals surface area contributed by atoms with E-state index in [4.69, 9.17) is 5.11 Å². The number of amides is 3. The molecule has 0 bridgehead atoms. The Morgan fingerprint density at radius 2 is 1.85 bits per heavy atom. The predicted octanol–water partition coefficient (Wildman–Crippen LogP) is 3.51. The fourth-order valence-electron chi connectivity index (χ4n) is 4.04. The molecule has 3 amide bonds. The van der Waals surface area contributed by atoms with Crippen LogP contribution in [-0.4, -0.2) is 63.5 Å². The molecule has 1 saturated heterocycles. The number of likely N-dealkylation sites (tertiary alicyclic amines) is 1. The summed E-state index contributed by atoms with van der Waals surface area (Å²) in [4.78, 5) is 43.0. The molecule has 2 heterocycles. The van der Waals surface area contributed by atoms with Gasteiger partial charge in [0.1, 0.15) is 0 Å². The molecule has 1 aromatic rings. The second kappa shape index (κ2) is 8.69. The lowest BCUT2D eigenvalue weighted by Crippen LogP contribution is -2.54. The van der Waals surface area contributed by atoms with Gasteiger partial charge in [0, 0.05) is 25.2 Å². The van der Waals surface area contributed by atoms with E-state index in [-0.39, 0.29) is 18.1 Å². The Labute approximate surface area is 162 Å². The summed E-state index contributed by atoms with van der Waals surface area (Å²) in [5, 5.41) is 12.4. The van der Waals surface area contributed by atoms with Gasteiger partial charge in [0.25, 0.3) is 0 Å². The van der Waals surface area contributed by atoms with Gasteiger partial charge in [-0.25, -0.2) is 14.6 Å². The SMILES string of the molecule is CC1CCC(N(C(=O)Nc2ncc(C=O)s2)C2CCN(C(=O)O)CC2)CC1. The normalized spacial score (nSPS) is 23.7. The van der Waals surface area contributed by atoms with Crippen LogP contribution in [0.1, 0.15) is 55.1 Å². The maximum Gasteiger partial charge on any atom is 0.407 e. The fourth-order valence-corrected chi connectivity index (χ4v) is 4.66. The zero-order chi connectivity index (χ0) is 19.4. The largest absolute Gasteiger partial charge is 0.465 e. The van der Waals surface area contributed by atoms with E-state index in [1.165, 1.54) is 11.1 Å². The van der Waals surface area contributed by atoms with Crippen LogP contribution in [0.3, 0.4) is 0 Å². The molecular weight excluding hydrogens is 368 g/mol. The third kappa shape index (κ3) is 4.77. The van der Waals surface area contributed by atoms with Gasteiger partial charge in [-0.05, 0) is 44.4 Å². The van der Waals surface area contributed by atoms with Crippen LogP contribution in [0.4, 0.5) is 14.7 Å². The van der Waals surface area contributed by atoms with Crippen molar-refractivity contribution in [1.82, 2.24) is 14.8 Å². The minimum absolute atomic E-state index is 0.0181. The maximum atomic E-state index is 13.1. The average Bonchev–Trinajstić information content (AvgIpc) is 3.11. The summed E-state index contributed by atoms with van der Waals surface area (Å²) in [5.74, 6) is 0.675. The maximum absolute atomic E-state index is 13.1. The Hall–Kier alpha value is -2.16. The molecule has 0 radical (unpaired) electrons. The predicted molar refractivity (Wildman–Crippen MR) is 102 cm³/mol. The summed E-state index contributed by atoms with van der Waals surface area (Å²) in [6.07, 6.45) is 6.66. The first kappa shape index (κ1) is 19.6. The molecule has 8 nitrogen and oxygen atoms in total. The van der Waals surface area contributed by atoms with Gasteiger partial charge in [-0.3, -0.25) is 10.1 Å². The molecule has 9 heteroatoms. The topological polar surface area (TPSA) is 103 Å². The summed E-state index contributed by atoms with van der Waals surface area (Å²) in [6.45, 7) is 3.13. The number of nitrogens with one attached hydrogen (secondary N) is 1. The monoisotopic (exact) mass is 394 g/mol. The lowest BCUT2D eigenvalue weighted by Gasteiger charge is -2.43. The molecule has 2 N–H and O–H groups in total. The molecule has 0 unspecified atom stereocenters. The van der Waals surface area contributed by atoms with Gasteiger partial charge in [-0.2, -0.15) is 0 Å². The summed E-state index contributed by atoms with van der Waals surface area (Å²) in [6, 6.07) is -0.0206. The van der Waals surface area contributed by atoms with Crippen LogP contribution in [0, 0.1) is 5.92 Å². The van der Waals surface area contributed by atoms with Crippen molar-refractivity contribution in [3.63, 3.8) is 0 Å². The number of urea groups is 1. The van der Waals surface area contributed by atoms with E-state index in [1.54, 1.807) is 0 Å². The molecule has 27 heavy (non-hydrogen) atoms. The average molecular weight is 394 g/mol. The molecule has 2 aliphatic rings. The molecule has 0 spiro atoms. The van der Waals surface area contributed by atoms with E-state index in [2.05, 4.69) is 17.2 Å². The van der Waals surface area contributed by atoms with E-state index in [9.17, 15) is 14.4 Å². The number of carbonyl (C=O) groups excluding carboxylic acids is 2. The molecule has 1 aromatic heterocycles. The summed E-state index contributed by atoms with van der Waals surface area (Å²) < 4.78 is 0. The van der Waals surface area contributed by atoms with E-state index in [1.807, 2.05) is 4.90 Å². The minimum Gasteiger partial charge on any atom is -0.465 e. The van der Waals surface area contributed by atoms with Crippen LogP contribution >= 0.6 is 11.3 Å². The number of hydrogen-bond acceptors (Lipinski definition) is 5. The molecule has 0 atom stereocenters. The number of piperidine rings is 1. The standard InChI is InChI=1S/C18H26N4O4S/c1-12-2-4-13(5-3-12)22(14-6-8-21(9-7-14)18(25)26)17(24)20-16-19-10-15(11-23)27-16/h10-14H,2-9H2,1H3,(H,25,26)(H,19,20,24). The Morgan fingerprint density at radius 3 is 2.41 bits per heavy atom. The summed E-state index contributed by atoms with van der Waals surface area (Å²) in [7, 11) is 0. The number of carboxylic acid groups (broad SMARTS) is 1. The van der Waals surface area contributed by atoms with Crippen molar-refractivity contribution in [3.8, 4) is 0 Å². The van der Waals surface area contributed by atoms with Crippen molar-refractivity contribution in [3.05, 3.63) is 11.1 Å². The highest BCUT2D eigenvalue weighted by atomic mass is 32.1. The van der Waals surface area contributed by atoms with Crippen molar-refractivity contribution >= 4 is 34.9 Å². The molecule has 1 aliphatic carbocycles. The van der Waals surface area contributed by atoms with Crippen LogP contribution < -0.4 is 5.32 Å². The molecule has 2 fully saturated rings. The van der Waals surface area contributed by atoms with Gasteiger partial charge in [0.05, 0.1) is 11.1 Å². The van der Waals surface area contributed by atoms with Gasteiger partial charge in [-0.15, -0.1) is 0 Å². The molecule has 1 aliphatic heterocycles. The van der Waals surface area contributed by atoms with Crippen LogP contribution in [0.25, 0.3) is 0 Å². The van der Waals surface area contributed by atoms with Crippen LogP contribution in [0.2, 0.25) is 0 Å². The van der Waals surface area contributed by atoms with Crippen molar-refractivity contribution in [1.29, 1.82) is 0 Å². The van der Waals surface area contributed by atoms with Crippen LogP contribution in [-0.2, 0) is 0 Å². The smallest absolute Gasteiger partial charge is 0.407 e. The molecule has 0 aromatic carbocycles. The second-order valence-corrected chi connectivity index (χ2v) is 8.50. The first-order valence-corrected chi connectivity index (χ1v) is 10.3. The lowest BCUT2D eigenvalue weighted by atomic mass is 9.85. The van der Waals surface area contributed by atoms with Gasteiger partial charge in [-0.1, -0.05) is 18.3 Å². The number of aldehydes is 1. The third-order valence-corrected chi connectivity index (χ3v) is 6.43. The lowest BCUT2D eigenvalue weighted by molar-refractivity contribution is 0.0780. The zero-order valence-electron chi connectivity index (χ0n) is 15.5. The second-order valence-electron chi connectivity index (χ2n) is 7.44. The Kier molecular flexibility index (Phi) is 6.30. The molecule has 3 rings (SSSR count). The first-order chi connectivity index (χ1) is 13.0. The molecular formula is C18H26N4O4S. The highest BCUT2D eigenvalue weighted by molar-refractivity contribution is 7.17. The number of anilines is 1. The Bertz CT molecular complexity index is 679. The fraction of sp³-hybridized carbons (Fsp3) is 0.667. The first-order valence-electron chi connectivity index (χ1n) is 9.46. The van der Waals surface area contributed by atoms with E-state index >= 15 is 0 Å². The molecule has 148 valence electrons. The van der Waals surface area contributed by atoms with E-state index < -0.39 is 6.09 Å². The van der Waals surface area contributed by atoms with Crippen molar-refractivity contribution in [2.45, 2.75) is 57.5 Å². The zero-order valence-corrected chi connectivity index (χ0v) is 16.3. The van der Waals surface area contributed by atoms with Gasteiger partial charge < -0.3 is 14.9 Å². The summed E-state index contributed by atoms with van der Waals surface area (Å²) in [5.41, 5.74) is 0. The number of carbonyl (C=O) groups is 3. The van der Waals surface area contributed by atoms with Crippen molar-refractivity contribution in [2.75, 3.05) is 18.4 Å². The third-order valence-electron chi connectivity index (χ3n) is 5.60.